The van der Waals surface area contributed by atoms with Crippen molar-refractivity contribution in [3.05, 3.63) is 111 Å². The predicted molar refractivity (Wildman–Crippen MR) is 166 cm³/mol. The van der Waals surface area contributed by atoms with Crippen LogP contribution >= 0.6 is 11.6 Å². The normalized spacial score (nSPS) is 24.0. The van der Waals surface area contributed by atoms with Gasteiger partial charge >= 0.3 is 7.12 Å². The van der Waals surface area contributed by atoms with Crippen LogP contribution in [-0.4, -0.2) is 34.9 Å². The number of Topliss-reactive ketones (excluding diaryl/α,β-unsaturated/α-hetero) is 2. The van der Waals surface area contributed by atoms with Gasteiger partial charge in [0.15, 0.2) is 11.6 Å². The van der Waals surface area contributed by atoms with Gasteiger partial charge in [0.05, 0.1) is 11.1 Å². The van der Waals surface area contributed by atoms with Crippen molar-refractivity contribution in [3.63, 3.8) is 0 Å². The minimum atomic E-state index is -1.02. The number of allylic oxidation sites excluding steroid dienone is 2. The predicted octanol–water partition coefficient (Wildman–Crippen LogP) is 7.53. The van der Waals surface area contributed by atoms with Gasteiger partial charge in [0.2, 0.25) is 0 Å². The lowest BCUT2D eigenvalue weighted by Gasteiger charge is -2.48. The van der Waals surface area contributed by atoms with E-state index < -0.39 is 19.0 Å². The summed E-state index contributed by atoms with van der Waals surface area (Å²) in [5.41, 5.74) is 6.15. The van der Waals surface area contributed by atoms with Crippen LogP contribution in [0.3, 0.4) is 0 Å². The van der Waals surface area contributed by atoms with E-state index in [4.69, 9.17) is 16.3 Å². The smallest absolute Gasteiger partial charge is 0.455 e. The van der Waals surface area contributed by atoms with Crippen LogP contribution in [0.1, 0.15) is 65.0 Å². The van der Waals surface area contributed by atoms with E-state index in [1.54, 1.807) is 24.3 Å². The van der Waals surface area contributed by atoms with Gasteiger partial charge in [-0.25, -0.2) is 0 Å². The first-order valence-electron chi connectivity index (χ1n) is 14.7. The summed E-state index contributed by atoms with van der Waals surface area (Å²) in [4.78, 5) is 27.6. The van der Waals surface area contributed by atoms with Gasteiger partial charge in [0, 0.05) is 23.0 Å². The zero-order valence-electron chi connectivity index (χ0n) is 23.8. The van der Waals surface area contributed by atoms with E-state index in [1.165, 1.54) is 11.6 Å². The summed E-state index contributed by atoms with van der Waals surface area (Å²) in [6, 6.07) is 22.1. The van der Waals surface area contributed by atoms with Crippen LogP contribution in [0.2, 0.25) is 11.3 Å². The summed E-state index contributed by atoms with van der Waals surface area (Å²) in [6.45, 7) is 4.26. The lowest BCUT2D eigenvalue weighted by atomic mass is 9.53. The highest BCUT2D eigenvalue weighted by Crippen LogP contribution is 2.52. The summed E-state index contributed by atoms with van der Waals surface area (Å²) in [7, 11) is -1.02. The first-order valence-corrected chi connectivity index (χ1v) is 15.1. The molecule has 1 fully saturated rings. The molecule has 0 unspecified atom stereocenters. The van der Waals surface area contributed by atoms with Crippen molar-refractivity contribution < 1.29 is 24.4 Å². The van der Waals surface area contributed by atoms with Crippen LogP contribution < -0.4 is 0 Å². The molecule has 1 aliphatic heterocycles. The monoisotopic (exact) mass is 580 g/mol. The molecule has 2 N–H and O–H groups in total. The van der Waals surface area contributed by atoms with Crippen LogP contribution in [-0.2, 0) is 4.65 Å². The third kappa shape index (κ3) is 5.28. The molecular formula is C35H34BClO5. The Kier molecular flexibility index (Phi) is 7.97. The Morgan fingerprint density at radius 3 is 2.38 bits per heavy atom. The lowest BCUT2D eigenvalue weighted by molar-refractivity contribution is 0.0594. The Morgan fingerprint density at radius 1 is 1.00 bits per heavy atom. The van der Waals surface area contributed by atoms with Gasteiger partial charge in [0.25, 0.3) is 0 Å². The number of phenols is 1. The molecule has 1 saturated heterocycles. The third-order valence-corrected chi connectivity index (χ3v) is 9.46. The standard InChI is InChI=1S/C35H34BClO5/c1-20(2)27-18-28-33(35(40)26-11-7-6-10-25(26)34(28)39)29-19-36(41)42-31(32(27)29)15-13-22(21-8-4-3-5-9-21)16-23-12-14-24(38)17-30(23)37/h3-12,14,16-17,20,28-29,31,33,38,41H,13,15,18-19H2,1-2H3/b22-16-/t28-,29+,31-,33-/m1/s1. The van der Waals surface area contributed by atoms with Crippen molar-refractivity contribution in [1.82, 2.24) is 0 Å². The van der Waals surface area contributed by atoms with Crippen molar-refractivity contribution in [3.8, 4) is 5.75 Å². The Bertz CT molecular complexity index is 1590. The topological polar surface area (TPSA) is 83.8 Å². The van der Waals surface area contributed by atoms with E-state index >= 15 is 0 Å². The van der Waals surface area contributed by atoms with Crippen molar-refractivity contribution in [2.45, 2.75) is 45.5 Å². The molecule has 3 aliphatic rings. The van der Waals surface area contributed by atoms with Gasteiger partial charge in [-0.15, -0.1) is 0 Å². The second-order valence-corrected chi connectivity index (χ2v) is 12.4. The molecule has 0 aromatic heterocycles. The van der Waals surface area contributed by atoms with Gasteiger partial charge < -0.3 is 14.8 Å². The number of carbonyl (C=O) groups excluding carboxylic acids is 2. The maximum absolute atomic E-state index is 13.9. The van der Waals surface area contributed by atoms with Crippen molar-refractivity contribution in [1.29, 1.82) is 0 Å². The second-order valence-electron chi connectivity index (χ2n) is 11.9. The minimum Gasteiger partial charge on any atom is -0.508 e. The van der Waals surface area contributed by atoms with Gasteiger partial charge in [-0.05, 0) is 84.0 Å². The van der Waals surface area contributed by atoms with Gasteiger partial charge in [-0.2, -0.15) is 0 Å². The molecule has 0 spiro atoms. The van der Waals surface area contributed by atoms with Crippen LogP contribution in [0.4, 0.5) is 0 Å². The third-order valence-electron chi connectivity index (χ3n) is 9.13. The number of halogens is 1. The number of phenolic OH excluding ortho intramolecular Hbond substituents is 1. The number of carbonyl (C=O) groups is 2. The first kappa shape index (κ1) is 28.7. The largest absolute Gasteiger partial charge is 0.508 e. The Hall–Kier alpha value is -3.45. The van der Waals surface area contributed by atoms with Crippen LogP contribution in [0, 0.1) is 23.7 Å². The highest BCUT2D eigenvalue weighted by molar-refractivity contribution is 6.43. The molecule has 1 heterocycles. The molecule has 42 heavy (non-hydrogen) atoms. The molecule has 5 nitrogen and oxygen atoms in total. The van der Waals surface area contributed by atoms with Gasteiger partial charge in [-0.3, -0.25) is 9.59 Å². The number of ketones is 2. The number of benzene rings is 3. The summed E-state index contributed by atoms with van der Waals surface area (Å²) < 4.78 is 6.24. The average Bonchev–Trinajstić information content (AvgIpc) is 2.98. The van der Waals surface area contributed by atoms with E-state index in [0.717, 1.165) is 22.3 Å². The number of hydrogen-bond acceptors (Lipinski definition) is 5. The van der Waals surface area contributed by atoms with Crippen LogP contribution in [0.15, 0.2) is 83.9 Å². The van der Waals surface area contributed by atoms with Crippen LogP contribution in [0.5, 0.6) is 5.75 Å². The first-order chi connectivity index (χ1) is 20.2. The molecule has 7 heteroatoms. The molecule has 2 aliphatic carbocycles. The minimum absolute atomic E-state index is 0.000184. The van der Waals surface area contributed by atoms with Gasteiger partial charge in [0.1, 0.15) is 5.75 Å². The second kappa shape index (κ2) is 11.7. The van der Waals surface area contributed by atoms with Gasteiger partial charge in [-0.1, -0.05) is 85.6 Å². The Morgan fingerprint density at radius 2 is 1.69 bits per heavy atom. The molecule has 6 rings (SSSR count). The molecule has 214 valence electrons. The van der Waals surface area contributed by atoms with Crippen molar-refractivity contribution in [2.24, 2.45) is 23.7 Å². The summed E-state index contributed by atoms with van der Waals surface area (Å²) in [5, 5.41) is 21.3. The number of aromatic hydroxyl groups is 1. The maximum Gasteiger partial charge on any atom is 0.455 e. The summed E-state index contributed by atoms with van der Waals surface area (Å²) >= 11 is 6.47. The fourth-order valence-corrected chi connectivity index (χ4v) is 7.44. The highest BCUT2D eigenvalue weighted by Gasteiger charge is 2.53. The maximum atomic E-state index is 13.9. The molecule has 3 aromatic carbocycles. The fourth-order valence-electron chi connectivity index (χ4n) is 7.21. The zero-order valence-corrected chi connectivity index (χ0v) is 24.6. The summed E-state index contributed by atoms with van der Waals surface area (Å²) in [5.74, 6) is -0.853. The molecular weight excluding hydrogens is 547 g/mol. The molecule has 4 atom stereocenters. The van der Waals surface area contributed by atoms with E-state index in [0.29, 0.717) is 41.7 Å². The zero-order chi connectivity index (χ0) is 29.5. The highest BCUT2D eigenvalue weighted by atomic mass is 35.5. The molecule has 0 bridgehead atoms. The molecule has 0 saturated carbocycles. The average molecular weight is 581 g/mol. The van der Waals surface area contributed by atoms with E-state index in [1.807, 2.05) is 48.5 Å². The van der Waals surface area contributed by atoms with Crippen molar-refractivity contribution >= 4 is 41.9 Å². The van der Waals surface area contributed by atoms with E-state index in [2.05, 4.69) is 13.8 Å². The number of fused-ring (bicyclic) bond motifs is 4. The number of rotatable bonds is 6. The Balaban J connectivity index is 1.37. The van der Waals surface area contributed by atoms with Crippen LogP contribution in [0.25, 0.3) is 11.6 Å². The molecule has 0 radical (unpaired) electrons. The quantitative estimate of drug-likeness (QED) is 0.179. The molecule has 0 amide bonds. The fraction of sp³-hybridized carbons (Fsp3) is 0.314. The lowest BCUT2D eigenvalue weighted by Crippen LogP contribution is -2.51. The summed E-state index contributed by atoms with van der Waals surface area (Å²) in [6.07, 6.45) is 3.69. The molecule has 3 aromatic rings. The van der Waals surface area contributed by atoms with E-state index in [-0.39, 0.29) is 35.3 Å². The SMILES string of the molecule is CC(C)C1=C2[C@@H](CC/C(=C/c3ccc(O)cc3Cl)c3ccccc3)OB(O)C[C@@H]2[C@@H]2C(=O)c3ccccc3C(=O)[C@@H]2C1. The Labute approximate surface area is 252 Å². The van der Waals surface area contributed by atoms with Crippen molar-refractivity contribution in [2.75, 3.05) is 0 Å². The van der Waals surface area contributed by atoms with E-state index in [9.17, 15) is 19.7 Å². The number of hydrogen-bond donors (Lipinski definition) is 2.